The molecule has 1 aromatic carbocycles. The van der Waals surface area contributed by atoms with Crippen molar-refractivity contribution in [1.82, 2.24) is 14.5 Å². The molecule has 0 spiro atoms. The second kappa shape index (κ2) is 8.10. The number of thioether (sulfide) groups is 1. The molecule has 3 aromatic rings. The van der Waals surface area contributed by atoms with Gasteiger partial charge in [0.25, 0.3) is 5.56 Å². The fourth-order valence-electron chi connectivity index (χ4n) is 2.68. The van der Waals surface area contributed by atoms with Crippen molar-refractivity contribution >= 4 is 40.2 Å². The number of halogens is 1. The van der Waals surface area contributed by atoms with Crippen molar-refractivity contribution in [1.29, 1.82) is 0 Å². The molecule has 0 unspecified atom stereocenters. The lowest BCUT2D eigenvalue weighted by molar-refractivity contribution is 0.102. The average Bonchev–Trinajstić information content (AvgIpc) is 3.00. The Labute approximate surface area is 160 Å². The van der Waals surface area contributed by atoms with Crippen LogP contribution in [0.15, 0.2) is 40.3 Å². The predicted molar refractivity (Wildman–Crippen MR) is 107 cm³/mol. The van der Waals surface area contributed by atoms with E-state index in [0.717, 1.165) is 18.5 Å². The highest BCUT2D eigenvalue weighted by Crippen LogP contribution is 2.20. The van der Waals surface area contributed by atoms with Crippen molar-refractivity contribution in [3.8, 4) is 0 Å². The van der Waals surface area contributed by atoms with Crippen LogP contribution in [0.3, 0.4) is 0 Å². The second-order valence-electron chi connectivity index (χ2n) is 6.14. The molecule has 26 heavy (non-hydrogen) atoms. The maximum Gasteiger partial charge on any atom is 0.278 e. The van der Waals surface area contributed by atoms with Gasteiger partial charge in [-0.1, -0.05) is 36.7 Å². The van der Waals surface area contributed by atoms with E-state index < -0.39 is 0 Å². The highest BCUT2D eigenvalue weighted by atomic mass is 35.5. The lowest BCUT2D eigenvalue weighted by atomic mass is 10.1. The van der Waals surface area contributed by atoms with Crippen molar-refractivity contribution in [2.45, 2.75) is 38.4 Å². The number of fused-ring (bicyclic) bond motifs is 1. The van der Waals surface area contributed by atoms with Gasteiger partial charge in [0.2, 0.25) is 0 Å². The number of benzene rings is 1. The molecule has 2 aromatic heterocycles. The Bertz CT molecular complexity index is 992. The Morgan fingerprint density at radius 1 is 1.31 bits per heavy atom. The monoisotopic (exact) mass is 389 g/mol. The summed E-state index contributed by atoms with van der Waals surface area (Å²) >= 11 is 7.16. The molecule has 136 valence electrons. The molecular weight excluding hydrogens is 370 g/mol. The first-order valence-electron chi connectivity index (χ1n) is 8.51. The molecular formula is C19H20ClN3O2S. The third kappa shape index (κ3) is 4.02. The molecule has 2 heterocycles. The number of unbranched alkanes of at least 4 members (excludes halogenated alkanes) is 1. The molecule has 0 amide bonds. The topological polar surface area (TPSA) is 67.8 Å². The van der Waals surface area contributed by atoms with Crippen molar-refractivity contribution in [2.75, 3.05) is 5.75 Å². The maximum absolute atomic E-state index is 12.8. The Kier molecular flexibility index (Phi) is 5.84. The SMILES string of the molecule is CCCCn1c(SCC(=O)c2ccc(Cl)cc2)nc2cc(C)[nH]c2c1=O. The minimum absolute atomic E-state index is 0.0201. The van der Waals surface area contributed by atoms with Crippen LogP contribution in [0.2, 0.25) is 5.02 Å². The molecule has 0 saturated heterocycles. The van der Waals surface area contributed by atoms with E-state index in [0.29, 0.717) is 33.3 Å². The third-order valence-corrected chi connectivity index (χ3v) is 5.30. The van der Waals surface area contributed by atoms with Gasteiger partial charge in [-0.2, -0.15) is 0 Å². The average molecular weight is 390 g/mol. The minimum Gasteiger partial charge on any atom is -0.353 e. The Morgan fingerprint density at radius 3 is 2.73 bits per heavy atom. The van der Waals surface area contributed by atoms with Gasteiger partial charge in [0.15, 0.2) is 10.9 Å². The summed E-state index contributed by atoms with van der Waals surface area (Å²) in [4.78, 5) is 32.9. The predicted octanol–water partition coefficient (Wildman–Crippen LogP) is 4.46. The molecule has 7 heteroatoms. The van der Waals surface area contributed by atoms with E-state index in [2.05, 4.69) is 16.9 Å². The first-order valence-corrected chi connectivity index (χ1v) is 9.87. The molecule has 3 rings (SSSR count). The van der Waals surface area contributed by atoms with Crippen LogP contribution in [-0.4, -0.2) is 26.1 Å². The first-order chi connectivity index (χ1) is 12.5. The first kappa shape index (κ1) is 18.7. The summed E-state index contributed by atoms with van der Waals surface area (Å²) < 4.78 is 1.67. The van der Waals surface area contributed by atoms with Crippen LogP contribution < -0.4 is 5.56 Å². The number of hydrogen-bond donors (Lipinski definition) is 1. The lowest BCUT2D eigenvalue weighted by Gasteiger charge is -2.11. The Balaban J connectivity index is 1.88. The summed E-state index contributed by atoms with van der Waals surface area (Å²) in [5.41, 5.74) is 2.57. The highest BCUT2D eigenvalue weighted by Gasteiger charge is 2.15. The van der Waals surface area contributed by atoms with Gasteiger partial charge in [0, 0.05) is 22.8 Å². The van der Waals surface area contributed by atoms with E-state index in [9.17, 15) is 9.59 Å². The number of ketones is 1. The van der Waals surface area contributed by atoms with Gasteiger partial charge < -0.3 is 4.98 Å². The number of rotatable bonds is 7. The Morgan fingerprint density at radius 2 is 2.04 bits per heavy atom. The molecule has 0 aliphatic carbocycles. The van der Waals surface area contributed by atoms with Crippen LogP contribution in [0.1, 0.15) is 35.8 Å². The van der Waals surface area contributed by atoms with Gasteiger partial charge in [0.05, 0.1) is 11.3 Å². The largest absolute Gasteiger partial charge is 0.353 e. The van der Waals surface area contributed by atoms with Crippen molar-refractivity contribution in [2.24, 2.45) is 0 Å². The van der Waals surface area contributed by atoms with E-state index in [1.54, 1.807) is 28.8 Å². The van der Waals surface area contributed by atoms with Crippen LogP contribution in [-0.2, 0) is 6.54 Å². The van der Waals surface area contributed by atoms with Gasteiger partial charge in [-0.25, -0.2) is 4.98 Å². The number of nitrogens with zero attached hydrogens (tertiary/aromatic N) is 2. The standard InChI is InChI=1S/C19H20ClN3O2S/c1-3-4-9-23-18(25)17-15(10-12(2)21-17)22-19(23)26-11-16(24)13-5-7-14(20)8-6-13/h5-8,10,21H,3-4,9,11H2,1-2H3. The fourth-order valence-corrected chi connectivity index (χ4v) is 3.73. The normalized spacial score (nSPS) is 11.2. The number of H-pyrrole nitrogens is 1. The highest BCUT2D eigenvalue weighted by molar-refractivity contribution is 7.99. The fraction of sp³-hybridized carbons (Fsp3) is 0.316. The van der Waals surface area contributed by atoms with Crippen LogP contribution >= 0.6 is 23.4 Å². The van der Waals surface area contributed by atoms with E-state index in [1.807, 2.05) is 13.0 Å². The Hall–Kier alpha value is -2.05. The van der Waals surface area contributed by atoms with E-state index in [1.165, 1.54) is 11.8 Å². The summed E-state index contributed by atoms with van der Waals surface area (Å²) in [7, 11) is 0. The summed E-state index contributed by atoms with van der Waals surface area (Å²) in [6.45, 7) is 4.56. The summed E-state index contributed by atoms with van der Waals surface area (Å²) in [5, 5.41) is 1.18. The van der Waals surface area contributed by atoms with Crippen LogP contribution in [0.4, 0.5) is 0 Å². The van der Waals surface area contributed by atoms with Crippen molar-refractivity contribution < 1.29 is 4.79 Å². The van der Waals surface area contributed by atoms with Gasteiger partial charge in [-0.3, -0.25) is 14.2 Å². The molecule has 1 N–H and O–H groups in total. The van der Waals surface area contributed by atoms with Gasteiger partial charge in [-0.15, -0.1) is 0 Å². The maximum atomic E-state index is 12.8. The third-order valence-electron chi connectivity index (χ3n) is 4.07. The van der Waals surface area contributed by atoms with Crippen LogP contribution in [0, 0.1) is 6.92 Å². The molecule has 0 saturated carbocycles. The zero-order valence-electron chi connectivity index (χ0n) is 14.7. The number of hydrogen-bond acceptors (Lipinski definition) is 4. The zero-order valence-corrected chi connectivity index (χ0v) is 16.3. The van der Waals surface area contributed by atoms with Crippen LogP contribution in [0.5, 0.6) is 0 Å². The smallest absolute Gasteiger partial charge is 0.278 e. The molecule has 0 fully saturated rings. The molecule has 0 radical (unpaired) electrons. The number of carbonyl (C=O) groups is 1. The van der Waals surface area contributed by atoms with Gasteiger partial charge in [-0.05, 0) is 43.7 Å². The molecule has 0 atom stereocenters. The van der Waals surface area contributed by atoms with Gasteiger partial charge in [0.1, 0.15) is 5.52 Å². The molecule has 0 aliphatic heterocycles. The van der Waals surface area contributed by atoms with E-state index >= 15 is 0 Å². The van der Waals surface area contributed by atoms with Crippen LogP contribution in [0.25, 0.3) is 11.0 Å². The van der Waals surface area contributed by atoms with Crippen molar-refractivity contribution in [3.63, 3.8) is 0 Å². The van der Waals surface area contributed by atoms with E-state index in [4.69, 9.17) is 11.6 Å². The molecule has 0 aliphatic rings. The number of Topliss-reactive ketones (excluding diaryl/α,β-unsaturated/α-hetero) is 1. The van der Waals surface area contributed by atoms with Gasteiger partial charge >= 0.3 is 0 Å². The number of aromatic amines is 1. The molecule has 0 bridgehead atoms. The summed E-state index contributed by atoms with van der Waals surface area (Å²) in [6, 6.07) is 8.67. The molecule has 5 nitrogen and oxygen atoms in total. The van der Waals surface area contributed by atoms with E-state index in [-0.39, 0.29) is 17.1 Å². The number of nitrogens with one attached hydrogen (secondary N) is 1. The second-order valence-corrected chi connectivity index (χ2v) is 7.51. The van der Waals surface area contributed by atoms with Crippen molar-refractivity contribution in [3.05, 3.63) is 57.0 Å². The number of carbonyl (C=O) groups excluding carboxylic acids is 1. The summed E-state index contributed by atoms with van der Waals surface area (Å²) in [6.07, 6.45) is 1.85. The quantitative estimate of drug-likeness (QED) is 0.368. The number of aromatic nitrogens is 3. The summed E-state index contributed by atoms with van der Waals surface area (Å²) in [5.74, 6) is 0.197. The lowest BCUT2D eigenvalue weighted by Crippen LogP contribution is -2.24. The minimum atomic E-state index is -0.0852. The zero-order chi connectivity index (χ0) is 18.7. The number of aryl methyl sites for hydroxylation is 1.